The van der Waals surface area contributed by atoms with E-state index in [0.717, 1.165) is 48.7 Å². The van der Waals surface area contributed by atoms with Crippen LogP contribution in [-0.4, -0.2) is 45.5 Å². The van der Waals surface area contributed by atoms with Gasteiger partial charge in [0.05, 0.1) is 19.2 Å². The van der Waals surface area contributed by atoms with Crippen molar-refractivity contribution in [1.29, 1.82) is 0 Å². The number of para-hydroxylation sites is 1. The van der Waals surface area contributed by atoms with Gasteiger partial charge in [-0.2, -0.15) is 0 Å². The van der Waals surface area contributed by atoms with Crippen LogP contribution in [0.15, 0.2) is 47.3 Å². The monoisotopic (exact) mass is 408 g/mol. The molecule has 3 aromatic rings. The largest absolute Gasteiger partial charge is 0.496 e. The lowest BCUT2D eigenvalue weighted by atomic mass is 9.98. The zero-order valence-electron chi connectivity index (χ0n) is 17.6. The Bertz CT molecular complexity index is 994. The summed E-state index contributed by atoms with van der Waals surface area (Å²) in [5.41, 5.74) is 1.07. The number of imidazole rings is 1. The number of carbonyl (C=O) groups excluding carboxylic acids is 1. The molecule has 0 spiro atoms. The van der Waals surface area contributed by atoms with Gasteiger partial charge in [-0.15, -0.1) is 0 Å². The van der Waals surface area contributed by atoms with E-state index in [1.54, 1.807) is 19.5 Å². The SMILES string of the molecule is CCc1nccn1CC(=O)N1CCCC(c2ncc(Cc3ccccc3OC)o2)C1. The lowest BCUT2D eigenvalue weighted by molar-refractivity contribution is -0.133. The number of piperidine rings is 1. The van der Waals surface area contributed by atoms with Gasteiger partial charge < -0.3 is 18.6 Å². The Morgan fingerprint density at radius 1 is 1.30 bits per heavy atom. The van der Waals surface area contributed by atoms with Crippen molar-refractivity contribution in [2.24, 2.45) is 0 Å². The van der Waals surface area contributed by atoms with E-state index in [1.807, 2.05) is 46.9 Å². The zero-order chi connectivity index (χ0) is 20.9. The summed E-state index contributed by atoms with van der Waals surface area (Å²) >= 11 is 0. The molecule has 1 atom stereocenters. The van der Waals surface area contributed by atoms with Crippen LogP contribution in [0.3, 0.4) is 0 Å². The van der Waals surface area contributed by atoms with Gasteiger partial charge in [0.25, 0.3) is 0 Å². The lowest BCUT2D eigenvalue weighted by Gasteiger charge is -2.31. The Balaban J connectivity index is 1.40. The minimum absolute atomic E-state index is 0.119. The van der Waals surface area contributed by atoms with Crippen molar-refractivity contribution < 1.29 is 13.9 Å². The first-order chi connectivity index (χ1) is 14.7. The van der Waals surface area contributed by atoms with E-state index < -0.39 is 0 Å². The van der Waals surface area contributed by atoms with Crippen LogP contribution in [0, 0.1) is 0 Å². The highest BCUT2D eigenvalue weighted by molar-refractivity contribution is 5.76. The van der Waals surface area contributed by atoms with E-state index in [0.29, 0.717) is 25.4 Å². The van der Waals surface area contributed by atoms with Crippen LogP contribution in [-0.2, 0) is 24.2 Å². The number of hydrogen-bond acceptors (Lipinski definition) is 5. The molecular weight excluding hydrogens is 380 g/mol. The lowest BCUT2D eigenvalue weighted by Crippen LogP contribution is -2.41. The number of oxazole rings is 1. The molecule has 1 fully saturated rings. The zero-order valence-corrected chi connectivity index (χ0v) is 17.6. The summed E-state index contributed by atoms with van der Waals surface area (Å²) in [7, 11) is 1.67. The minimum Gasteiger partial charge on any atom is -0.496 e. The normalized spacial score (nSPS) is 16.6. The molecule has 1 aliphatic rings. The van der Waals surface area contributed by atoms with Gasteiger partial charge in [0.2, 0.25) is 5.91 Å². The van der Waals surface area contributed by atoms with E-state index in [1.165, 1.54) is 0 Å². The second kappa shape index (κ2) is 9.15. The van der Waals surface area contributed by atoms with Crippen LogP contribution in [0.2, 0.25) is 0 Å². The number of benzene rings is 1. The Labute approximate surface area is 176 Å². The Morgan fingerprint density at radius 3 is 3.00 bits per heavy atom. The first-order valence-electron chi connectivity index (χ1n) is 10.5. The van der Waals surface area contributed by atoms with Crippen LogP contribution in [0.5, 0.6) is 5.75 Å². The number of nitrogens with zero attached hydrogens (tertiary/aromatic N) is 4. The molecule has 0 saturated carbocycles. The number of aromatic nitrogens is 3. The van der Waals surface area contributed by atoms with Crippen molar-refractivity contribution >= 4 is 5.91 Å². The molecule has 30 heavy (non-hydrogen) atoms. The summed E-state index contributed by atoms with van der Waals surface area (Å²) in [4.78, 5) is 23.6. The molecular formula is C23H28N4O3. The maximum Gasteiger partial charge on any atom is 0.242 e. The minimum atomic E-state index is 0.119. The van der Waals surface area contributed by atoms with E-state index in [9.17, 15) is 4.79 Å². The van der Waals surface area contributed by atoms with E-state index in [2.05, 4.69) is 9.97 Å². The Morgan fingerprint density at radius 2 is 2.17 bits per heavy atom. The van der Waals surface area contributed by atoms with Gasteiger partial charge >= 0.3 is 0 Å². The predicted molar refractivity (Wildman–Crippen MR) is 112 cm³/mol. The molecule has 0 bridgehead atoms. The molecule has 1 amide bonds. The number of hydrogen-bond donors (Lipinski definition) is 0. The van der Waals surface area contributed by atoms with Gasteiger partial charge in [-0.1, -0.05) is 25.1 Å². The smallest absolute Gasteiger partial charge is 0.242 e. The van der Waals surface area contributed by atoms with Crippen LogP contribution in [0.25, 0.3) is 0 Å². The number of carbonyl (C=O) groups is 1. The fraction of sp³-hybridized carbons (Fsp3) is 0.435. The maximum absolute atomic E-state index is 12.8. The van der Waals surface area contributed by atoms with Gasteiger partial charge in [-0.25, -0.2) is 9.97 Å². The highest BCUT2D eigenvalue weighted by Gasteiger charge is 2.28. The number of amides is 1. The van der Waals surface area contributed by atoms with Gasteiger partial charge in [-0.05, 0) is 18.9 Å². The summed E-state index contributed by atoms with van der Waals surface area (Å²) in [6.07, 6.45) is 8.79. The second-order valence-corrected chi connectivity index (χ2v) is 7.66. The van der Waals surface area contributed by atoms with Crippen LogP contribution < -0.4 is 4.74 Å². The number of ether oxygens (including phenoxy) is 1. The van der Waals surface area contributed by atoms with Gasteiger partial charge in [0.1, 0.15) is 23.9 Å². The average Bonchev–Trinajstić information content (AvgIpc) is 3.43. The number of methoxy groups -OCH3 is 1. The molecule has 4 rings (SSSR count). The topological polar surface area (TPSA) is 73.4 Å². The Kier molecular flexibility index (Phi) is 6.16. The van der Waals surface area contributed by atoms with Crippen molar-refractivity contribution in [2.45, 2.75) is 45.1 Å². The molecule has 3 heterocycles. The van der Waals surface area contributed by atoms with E-state index in [4.69, 9.17) is 9.15 Å². The van der Waals surface area contributed by atoms with Crippen molar-refractivity contribution in [3.8, 4) is 5.75 Å². The van der Waals surface area contributed by atoms with Crippen LogP contribution in [0.1, 0.15) is 48.7 Å². The molecule has 0 N–H and O–H groups in total. The molecule has 0 aliphatic carbocycles. The first-order valence-corrected chi connectivity index (χ1v) is 10.5. The van der Waals surface area contributed by atoms with Crippen LogP contribution >= 0.6 is 0 Å². The molecule has 2 aromatic heterocycles. The van der Waals surface area contributed by atoms with Crippen LogP contribution in [0.4, 0.5) is 0 Å². The van der Waals surface area contributed by atoms with E-state index >= 15 is 0 Å². The summed E-state index contributed by atoms with van der Waals surface area (Å²) in [6, 6.07) is 7.92. The summed E-state index contributed by atoms with van der Waals surface area (Å²) in [6.45, 7) is 3.80. The highest BCUT2D eigenvalue weighted by Crippen LogP contribution is 2.28. The fourth-order valence-electron chi connectivity index (χ4n) is 4.08. The summed E-state index contributed by atoms with van der Waals surface area (Å²) in [5, 5.41) is 0. The molecule has 158 valence electrons. The predicted octanol–water partition coefficient (Wildman–Crippen LogP) is 3.44. The quantitative estimate of drug-likeness (QED) is 0.599. The third-order valence-electron chi connectivity index (χ3n) is 5.68. The molecule has 7 nitrogen and oxygen atoms in total. The molecule has 0 radical (unpaired) electrons. The highest BCUT2D eigenvalue weighted by atomic mass is 16.5. The summed E-state index contributed by atoms with van der Waals surface area (Å²) in [5.74, 6) is 3.55. The van der Waals surface area contributed by atoms with E-state index in [-0.39, 0.29) is 11.8 Å². The second-order valence-electron chi connectivity index (χ2n) is 7.66. The van der Waals surface area contributed by atoms with Gasteiger partial charge in [-0.3, -0.25) is 4.79 Å². The average molecular weight is 409 g/mol. The molecule has 7 heteroatoms. The molecule has 1 aromatic carbocycles. The third-order valence-corrected chi connectivity index (χ3v) is 5.68. The molecule has 1 aliphatic heterocycles. The third kappa shape index (κ3) is 4.40. The maximum atomic E-state index is 12.8. The molecule has 1 saturated heterocycles. The van der Waals surface area contributed by atoms with Crippen molar-refractivity contribution in [3.05, 3.63) is 65.9 Å². The fourth-order valence-corrected chi connectivity index (χ4v) is 4.08. The Hall–Kier alpha value is -3.09. The number of aryl methyl sites for hydroxylation is 1. The summed E-state index contributed by atoms with van der Waals surface area (Å²) < 4.78 is 13.4. The molecule has 1 unspecified atom stereocenters. The van der Waals surface area contributed by atoms with Gasteiger partial charge in [0, 0.05) is 43.9 Å². The first kappa shape index (κ1) is 20.2. The van der Waals surface area contributed by atoms with Crippen molar-refractivity contribution in [3.63, 3.8) is 0 Å². The van der Waals surface area contributed by atoms with Gasteiger partial charge in [0.15, 0.2) is 5.89 Å². The standard InChI is InChI=1S/C23H28N4O3/c1-3-21-24-10-12-26(21)16-22(28)27-11-6-8-18(15-27)23-25-14-19(30-23)13-17-7-4-5-9-20(17)29-2/h4-5,7,9-10,12,14,18H,3,6,8,11,13,15-16H2,1-2H3. The van der Waals surface area contributed by atoms with Crippen molar-refractivity contribution in [1.82, 2.24) is 19.4 Å². The number of rotatable bonds is 7. The van der Waals surface area contributed by atoms with Crippen molar-refractivity contribution in [2.75, 3.05) is 20.2 Å². The number of likely N-dealkylation sites (tertiary alicyclic amines) is 1.